The molecular formula is C12H14FNO. The van der Waals surface area contributed by atoms with Gasteiger partial charge in [-0.1, -0.05) is 17.7 Å². The van der Waals surface area contributed by atoms with Crippen LogP contribution in [0.3, 0.4) is 0 Å². The predicted molar refractivity (Wildman–Crippen MR) is 56.5 cm³/mol. The van der Waals surface area contributed by atoms with Crippen LogP contribution in [0.15, 0.2) is 24.3 Å². The molecule has 3 heteroatoms. The van der Waals surface area contributed by atoms with Crippen molar-refractivity contribution in [2.45, 2.75) is 6.92 Å². The van der Waals surface area contributed by atoms with Gasteiger partial charge in [0.05, 0.1) is 6.67 Å². The first kappa shape index (κ1) is 10.1. The van der Waals surface area contributed by atoms with E-state index in [9.17, 15) is 9.18 Å². The van der Waals surface area contributed by atoms with Gasteiger partial charge in [-0.25, -0.2) is 0 Å². The molecule has 1 saturated heterocycles. The van der Waals surface area contributed by atoms with Crippen molar-refractivity contribution >= 4 is 5.91 Å². The summed E-state index contributed by atoms with van der Waals surface area (Å²) in [6, 6.07) is 7.47. The Morgan fingerprint density at radius 2 is 2.00 bits per heavy atom. The molecule has 0 spiro atoms. The zero-order valence-corrected chi connectivity index (χ0v) is 8.74. The highest BCUT2D eigenvalue weighted by Crippen LogP contribution is 2.19. The Balaban J connectivity index is 2.00. The molecule has 0 aliphatic carbocycles. The number of halogens is 1. The second kappa shape index (κ2) is 4.01. The number of likely N-dealkylation sites (tertiary alicyclic amines) is 1. The number of hydrogen-bond acceptors (Lipinski definition) is 1. The van der Waals surface area contributed by atoms with Crippen molar-refractivity contribution in [1.29, 1.82) is 0 Å². The lowest BCUT2D eigenvalue weighted by Crippen LogP contribution is -2.50. The maximum absolute atomic E-state index is 12.2. The molecule has 0 unspecified atom stereocenters. The summed E-state index contributed by atoms with van der Waals surface area (Å²) in [7, 11) is 0. The number of carbonyl (C=O) groups is 1. The van der Waals surface area contributed by atoms with Crippen molar-refractivity contribution in [3.8, 4) is 0 Å². The van der Waals surface area contributed by atoms with Gasteiger partial charge in [0, 0.05) is 24.6 Å². The minimum absolute atomic E-state index is 0.0136. The van der Waals surface area contributed by atoms with Crippen LogP contribution in [0.4, 0.5) is 4.39 Å². The molecule has 0 bridgehead atoms. The van der Waals surface area contributed by atoms with Crippen LogP contribution in [0.25, 0.3) is 0 Å². The lowest BCUT2D eigenvalue weighted by molar-refractivity contribution is 0.0453. The normalized spacial score (nSPS) is 16.3. The van der Waals surface area contributed by atoms with Gasteiger partial charge in [0.2, 0.25) is 0 Å². The second-order valence-corrected chi connectivity index (χ2v) is 4.10. The van der Waals surface area contributed by atoms with Crippen molar-refractivity contribution in [2.24, 2.45) is 5.92 Å². The van der Waals surface area contributed by atoms with E-state index in [1.807, 2.05) is 31.2 Å². The summed E-state index contributed by atoms with van der Waals surface area (Å²) in [5.74, 6) is 0.0686. The van der Waals surface area contributed by atoms with Gasteiger partial charge < -0.3 is 4.90 Å². The lowest BCUT2D eigenvalue weighted by Gasteiger charge is -2.37. The highest BCUT2D eigenvalue weighted by atomic mass is 19.1. The molecule has 2 rings (SSSR count). The standard InChI is InChI=1S/C12H14FNO/c1-9-2-4-11(5-3-9)12(15)14-7-10(6-13)8-14/h2-5,10H,6-8H2,1H3. The number of benzene rings is 1. The molecule has 0 saturated carbocycles. The fraction of sp³-hybridized carbons (Fsp3) is 0.417. The highest BCUT2D eigenvalue weighted by molar-refractivity contribution is 5.94. The Kier molecular flexibility index (Phi) is 2.71. The van der Waals surface area contributed by atoms with Gasteiger partial charge in [0.1, 0.15) is 0 Å². The number of aryl methyl sites for hydroxylation is 1. The summed E-state index contributed by atoms with van der Waals surface area (Å²) in [5.41, 5.74) is 1.83. The number of nitrogens with zero attached hydrogens (tertiary/aromatic N) is 1. The Bertz CT molecular complexity index is 354. The zero-order valence-electron chi connectivity index (χ0n) is 8.74. The van der Waals surface area contributed by atoms with Gasteiger partial charge >= 0.3 is 0 Å². The van der Waals surface area contributed by atoms with E-state index in [1.165, 1.54) is 0 Å². The quantitative estimate of drug-likeness (QED) is 0.726. The third-order valence-electron chi connectivity index (χ3n) is 2.76. The van der Waals surface area contributed by atoms with Gasteiger partial charge in [-0.3, -0.25) is 9.18 Å². The first-order chi connectivity index (χ1) is 7.20. The zero-order chi connectivity index (χ0) is 10.8. The maximum Gasteiger partial charge on any atom is 0.253 e. The molecule has 0 N–H and O–H groups in total. The van der Waals surface area contributed by atoms with Gasteiger partial charge in [0.15, 0.2) is 0 Å². The van der Waals surface area contributed by atoms with Crippen LogP contribution in [-0.4, -0.2) is 30.6 Å². The lowest BCUT2D eigenvalue weighted by atomic mass is 10.0. The number of alkyl halides is 1. The van der Waals surface area contributed by atoms with Gasteiger partial charge in [0.25, 0.3) is 5.91 Å². The highest BCUT2D eigenvalue weighted by Gasteiger charge is 2.30. The molecule has 0 atom stereocenters. The van der Waals surface area contributed by atoms with E-state index in [1.54, 1.807) is 4.90 Å². The summed E-state index contributed by atoms with van der Waals surface area (Å²) in [6.07, 6.45) is 0. The molecule has 1 heterocycles. The molecule has 1 aliphatic heterocycles. The minimum atomic E-state index is -0.322. The summed E-state index contributed by atoms with van der Waals surface area (Å²) in [4.78, 5) is 13.5. The fourth-order valence-electron chi connectivity index (χ4n) is 1.71. The van der Waals surface area contributed by atoms with Crippen molar-refractivity contribution < 1.29 is 9.18 Å². The first-order valence-corrected chi connectivity index (χ1v) is 5.12. The van der Waals surface area contributed by atoms with Gasteiger partial charge in [-0.2, -0.15) is 0 Å². The van der Waals surface area contributed by atoms with Crippen LogP contribution in [0.5, 0.6) is 0 Å². The van der Waals surface area contributed by atoms with E-state index < -0.39 is 0 Å². The van der Waals surface area contributed by atoms with E-state index in [-0.39, 0.29) is 18.5 Å². The molecule has 2 nitrogen and oxygen atoms in total. The topological polar surface area (TPSA) is 20.3 Å². The van der Waals surface area contributed by atoms with Crippen molar-refractivity contribution in [3.63, 3.8) is 0 Å². The summed E-state index contributed by atoms with van der Waals surface area (Å²) in [6.45, 7) is 2.78. The smallest absolute Gasteiger partial charge is 0.253 e. The Labute approximate surface area is 88.7 Å². The monoisotopic (exact) mass is 207 g/mol. The van der Waals surface area contributed by atoms with Crippen molar-refractivity contribution in [2.75, 3.05) is 19.8 Å². The van der Waals surface area contributed by atoms with Crippen LogP contribution >= 0.6 is 0 Å². The molecule has 0 aromatic heterocycles. The van der Waals surface area contributed by atoms with E-state index in [2.05, 4.69) is 0 Å². The van der Waals surface area contributed by atoms with Crippen LogP contribution in [0.2, 0.25) is 0 Å². The Hall–Kier alpha value is -1.38. The number of carbonyl (C=O) groups excluding carboxylic acids is 1. The molecule has 80 valence electrons. The minimum Gasteiger partial charge on any atom is -0.338 e. The van der Waals surface area contributed by atoms with Crippen LogP contribution in [-0.2, 0) is 0 Å². The van der Waals surface area contributed by atoms with Gasteiger partial charge in [-0.05, 0) is 19.1 Å². The molecule has 1 aromatic carbocycles. The molecule has 0 radical (unpaired) electrons. The van der Waals surface area contributed by atoms with E-state index in [4.69, 9.17) is 0 Å². The first-order valence-electron chi connectivity index (χ1n) is 5.12. The summed E-state index contributed by atoms with van der Waals surface area (Å²) < 4.78 is 12.2. The molecule has 1 amide bonds. The van der Waals surface area contributed by atoms with Crippen LogP contribution < -0.4 is 0 Å². The third kappa shape index (κ3) is 2.01. The SMILES string of the molecule is Cc1ccc(C(=O)N2CC(CF)C2)cc1. The summed E-state index contributed by atoms with van der Waals surface area (Å²) in [5, 5.41) is 0. The predicted octanol–water partition coefficient (Wildman–Crippen LogP) is 2.04. The average Bonchev–Trinajstić information content (AvgIpc) is 2.17. The third-order valence-corrected chi connectivity index (χ3v) is 2.76. The maximum atomic E-state index is 12.2. The van der Waals surface area contributed by atoms with Crippen molar-refractivity contribution in [1.82, 2.24) is 4.90 Å². The van der Waals surface area contributed by atoms with Crippen LogP contribution in [0, 0.1) is 12.8 Å². The van der Waals surface area contributed by atoms with Crippen LogP contribution in [0.1, 0.15) is 15.9 Å². The van der Waals surface area contributed by atoms with E-state index in [0.717, 1.165) is 5.56 Å². The number of hydrogen-bond donors (Lipinski definition) is 0. The second-order valence-electron chi connectivity index (χ2n) is 4.10. The molecule has 1 aromatic rings. The van der Waals surface area contributed by atoms with E-state index in [0.29, 0.717) is 18.7 Å². The number of rotatable bonds is 2. The summed E-state index contributed by atoms with van der Waals surface area (Å²) >= 11 is 0. The van der Waals surface area contributed by atoms with E-state index >= 15 is 0 Å². The average molecular weight is 207 g/mol. The molecule has 15 heavy (non-hydrogen) atoms. The van der Waals surface area contributed by atoms with Gasteiger partial charge in [-0.15, -0.1) is 0 Å². The van der Waals surface area contributed by atoms with Crippen molar-refractivity contribution in [3.05, 3.63) is 35.4 Å². The largest absolute Gasteiger partial charge is 0.338 e. The fourth-order valence-corrected chi connectivity index (χ4v) is 1.71. The Morgan fingerprint density at radius 3 is 2.53 bits per heavy atom. The molecule has 1 aliphatic rings. The molecule has 1 fully saturated rings. The number of amides is 1. The Morgan fingerprint density at radius 1 is 1.40 bits per heavy atom. The molecular weight excluding hydrogens is 193 g/mol.